The molecule has 0 aliphatic carbocycles. The third-order valence-corrected chi connectivity index (χ3v) is 2.07. The molecule has 2 heteroatoms. The summed E-state index contributed by atoms with van der Waals surface area (Å²) in [5.41, 5.74) is 1.22. The van der Waals surface area contributed by atoms with Crippen molar-refractivity contribution in [1.29, 1.82) is 0 Å². The summed E-state index contributed by atoms with van der Waals surface area (Å²) in [5.74, 6) is 0.0622. The third kappa shape index (κ3) is 6.38. The first-order valence-corrected chi connectivity index (χ1v) is 5.21. The number of nitrogens with one attached hydrogen (secondary N) is 1. The van der Waals surface area contributed by atoms with E-state index in [0.717, 1.165) is 32.2 Å². The van der Waals surface area contributed by atoms with E-state index in [2.05, 4.69) is 26.1 Å². The largest absolute Gasteiger partial charge is 0.353 e. The fourth-order valence-electron chi connectivity index (χ4n) is 1.08. The first-order chi connectivity index (χ1) is 6.24. The van der Waals surface area contributed by atoms with Crippen LogP contribution in [0.4, 0.5) is 0 Å². The van der Waals surface area contributed by atoms with E-state index < -0.39 is 0 Å². The molecule has 0 aromatic carbocycles. The van der Waals surface area contributed by atoms with Crippen molar-refractivity contribution in [2.45, 2.75) is 46.5 Å². The molecule has 1 amide bonds. The molecule has 13 heavy (non-hydrogen) atoms. The summed E-state index contributed by atoms with van der Waals surface area (Å²) in [6, 6.07) is 0. The predicted octanol–water partition coefficient (Wildman–Crippen LogP) is 2.65. The van der Waals surface area contributed by atoms with Gasteiger partial charge in [-0.25, -0.2) is 0 Å². The minimum atomic E-state index is 0.0622. The fraction of sp³-hybridized carbons (Fsp3) is 0.727. The number of rotatable bonds is 6. The van der Waals surface area contributed by atoms with E-state index in [0.29, 0.717) is 0 Å². The van der Waals surface area contributed by atoms with Crippen LogP contribution < -0.4 is 5.32 Å². The Kier molecular flexibility index (Phi) is 7.36. The van der Waals surface area contributed by atoms with Gasteiger partial charge in [0.2, 0.25) is 5.91 Å². The van der Waals surface area contributed by atoms with Crippen molar-refractivity contribution in [1.82, 2.24) is 5.32 Å². The number of carbonyl (C=O) groups excluding carboxylic acids is 1. The van der Waals surface area contributed by atoms with Gasteiger partial charge in [-0.15, -0.1) is 0 Å². The van der Waals surface area contributed by atoms with E-state index >= 15 is 0 Å². The zero-order valence-electron chi connectivity index (χ0n) is 9.02. The van der Waals surface area contributed by atoms with Crippen molar-refractivity contribution in [2.24, 2.45) is 0 Å². The molecule has 0 fully saturated rings. The van der Waals surface area contributed by atoms with Gasteiger partial charge in [0.25, 0.3) is 0 Å². The molecule has 0 spiro atoms. The Hall–Kier alpha value is -0.790. The molecule has 0 aliphatic rings. The summed E-state index contributed by atoms with van der Waals surface area (Å²) in [6.07, 6.45) is 5.86. The maximum Gasteiger partial charge on any atom is 0.243 e. The van der Waals surface area contributed by atoms with Gasteiger partial charge in [-0.2, -0.15) is 0 Å². The first-order valence-electron chi connectivity index (χ1n) is 5.21. The molecule has 0 saturated carbocycles. The van der Waals surface area contributed by atoms with Gasteiger partial charge in [0.05, 0.1) is 0 Å². The van der Waals surface area contributed by atoms with Crippen LogP contribution >= 0.6 is 0 Å². The topological polar surface area (TPSA) is 29.1 Å². The maximum absolute atomic E-state index is 11.3. The fourth-order valence-corrected chi connectivity index (χ4v) is 1.08. The summed E-state index contributed by atoms with van der Waals surface area (Å²) >= 11 is 0. The zero-order valence-corrected chi connectivity index (χ0v) is 9.02. The molecule has 0 atom stereocenters. The SMILES string of the molecule is CCCCNC(=O)C=C(CC)CC. The van der Waals surface area contributed by atoms with Gasteiger partial charge in [-0.05, 0) is 19.3 Å². The van der Waals surface area contributed by atoms with Crippen molar-refractivity contribution in [3.05, 3.63) is 11.6 Å². The van der Waals surface area contributed by atoms with Crippen LogP contribution in [0.25, 0.3) is 0 Å². The molecule has 2 nitrogen and oxygen atoms in total. The molecule has 1 N–H and O–H groups in total. The summed E-state index contributed by atoms with van der Waals surface area (Å²) in [5, 5.41) is 2.87. The van der Waals surface area contributed by atoms with E-state index in [-0.39, 0.29) is 5.91 Å². The number of carbonyl (C=O) groups is 1. The van der Waals surface area contributed by atoms with Gasteiger partial charge >= 0.3 is 0 Å². The lowest BCUT2D eigenvalue weighted by atomic mass is 10.1. The van der Waals surface area contributed by atoms with Gasteiger partial charge in [0.15, 0.2) is 0 Å². The minimum absolute atomic E-state index is 0.0622. The molecule has 0 rings (SSSR count). The summed E-state index contributed by atoms with van der Waals surface area (Å²) < 4.78 is 0. The van der Waals surface area contributed by atoms with Crippen molar-refractivity contribution in [2.75, 3.05) is 6.54 Å². The summed E-state index contributed by atoms with van der Waals surface area (Å²) in [6.45, 7) is 7.07. The van der Waals surface area contributed by atoms with Crippen LogP contribution in [0.5, 0.6) is 0 Å². The van der Waals surface area contributed by atoms with Gasteiger partial charge in [-0.3, -0.25) is 4.79 Å². The quantitative estimate of drug-likeness (QED) is 0.498. The Labute approximate surface area is 81.4 Å². The van der Waals surface area contributed by atoms with E-state index in [1.165, 1.54) is 5.57 Å². The van der Waals surface area contributed by atoms with Crippen LogP contribution in [0.3, 0.4) is 0 Å². The second kappa shape index (κ2) is 7.84. The van der Waals surface area contributed by atoms with Crippen LogP contribution in [-0.4, -0.2) is 12.5 Å². The molecule has 0 aromatic heterocycles. The smallest absolute Gasteiger partial charge is 0.243 e. The van der Waals surface area contributed by atoms with Crippen LogP contribution in [-0.2, 0) is 4.79 Å². The lowest BCUT2D eigenvalue weighted by Crippen LogP contribution is -2.22. The Morgan fingerprint density at radius 2 is 1.85 bits per heavy atom. The summed E-state index contributed by atoms with van der Waals surface area (Å²) in [7, 11) is 0. The number of unbranched alkanes of at least 4 members (excludes halogenated alkanes) is 1. The molecule has 0 unspecified atom stereocenters. The molecule has 0 aliphatic heterocycles. The van der Waals surface area contributed by atoms with Crippen LogP contribution in [0.15, 0.2) is 11.6 Å². The van der Waals surface area contributed by atoms with E-state index in [1.807, 2.05) is 0 Å². The lowest BCUT2D eigenvalue weighted by Gasteiger charge is -2.02. The highest BCUT2D eigenvalue weighted by Gasteiger charge is 1.97. The van der Waals surface area contributed by atoms with Crippen LogP contribution in [0.2, 0.25) is 0 Å². The van der Waals surface area contributed by atoms with Crippen molar-refractivity contribution in [3.8, 4) is 0 Å². The van der Waals surface area contributed by atoms with E-state index in [4.69, 9.17) is 0 Å². The Morgan fingerprint density at radius 1 is 1.23 bits per heavy atom. The van der Waals surface area contributed by atoms with Crippen molar-refractivity contribution >= 4 is 5.91 Å². The number of hydrogen-bond donors (Lipinski definition) is 1. The number of allylic oxidation sites excluding steroid dienone is 1. The average molecular weight is 183 g/mol. The second-order valence-electron chi connectivity index (χ2n) is 3.15. The average Bonchev–Trinajstić information content (AvgIpc) is 2.14. The molecule has 76 valence electrons. The van der Waals surface area contributed by atoms with Crippen LogP contribution in [0.1, 0.15) is 46.5 Å². The molecule has 0 saturated heterocycles. The predicted molar refractivity (Wildman–Crippen MR) is 56.6 cm³/mol. The monoisotopic (exact) mass is 183 g/mol. The second-order valence-corrected chi connectivity index (χ2v) is 3.15. The minimum Gasteiger partial charge on any atom is -0.353 e. The van der Waals surface area contributed by atoms with Gasteiger partial charge in [0, 0.05) is 12.6 Å². The normalized spacial score (nSPS) is 9.46. The molecule has 0 aromatic rings. The Morgan fingerprint density at radius 3 is 2.31 bits per heavy atom. The molecule has 0 heterocycles. The highest BCUT2D eigenvalue weighted by atomic mass is 16.1. The highest BCUT2D eigenvalue weighted by molar-refractivity contribution is 5.88. The zero-order chi connectivity index (χ0) is 10.1. The molecular formula is C11H21NO. The van der Waals surface area contributed by atoms with Crippen LogP contribution in [0, 0.1) is 0 Å². The molecular weight excluding hydrogens is 162 g/mol. The van der Waals surface area contributed by atoms with Crippen molar-refractivity contribution < 1.29 is 4.79 Å². The Balaban J connectivity index is 3.76. The maximum atomic E-state index is 11.3. The lowest BCUT2D eigenvalue weighted by molar-refractivity contribution is -0.116. The van der Waals surface area contributed by atoms with E-state index in [9.17, 15) is 4.79 Å². The van der Waals surface area contributed by atoms with Gasteiger partial charge < -0.3 is 5.32 Å². The van der Waals surface area contributed by atoms with Gasteiger partial charge in [0.1, 0.15) is 0 Å². The van der Waals surface area contributed by atoms with E-state index in [1.54, 1.807) is 6.08 Å². The van der Waals surface area contributed by atoms with Gasteiger partial charge in [-0.1, -0.05) is 32.8 Å². The molecule has 0 radical (unpaired) electrons. The highest BCUT2D eigenvalue weighted by Crippen LogP contribution is 2.04. The number of amides is 1. The summed E-state index contributed by atoms with van der Waals surface area (Å²) in [4.78, 5) is 11.3. The standard InChI is InChI=1S/C11H21NO/c1-4-7-8-12-11(13)9-10(5-2)6-3/h9H,4-8H2,1-3H3,(H,12,13). The molecule has 0 bridgehead atoms. The third-order valence-electron chi connectivity index (χ3n) is 2.07. The van der Waals surface area contributed by atoms with Crippen molar-refractivity contribution in [3.63, 3.8) is 0 Å². The first kappa shape index (κ1) is 12.2. The number of hydrogen-bond acceptors (Lipinski definition) is 1. The Bertz CT molecular complexity index is 167.